The van der Waals surface area contributed by atoms with E-state index >= 15 is 0 Å². The molecular formula is C19H16BrN3O. The fraction of sp³-hybridized carbons (Fsp3) is 0.158. The Labute approximate surface area is 148 Å². The van der Waals surface area contributed by atoms with Crippen LogP contribution in [0, 0.1) is 0 Å². The summed E-state index contributed by atoms with van der Waals surface area (Å²) in [4.78, 5) is 15.3. The molecule has 1 unspecified atom stereocenters. The second-order valence-electron chi connectivity index (χ2n) is 5.86. The Kier molecular flexibility index (Phi) is 3.73. The molecule has 0 spiro atoms. The second kappa shape index (κ2) is 5.91. The third-order valence-electron chi connectivity index (χ3n) is 4.70. The number of benzene rings is 2. The molecule has 1 amide bonds. The quantitative estimate of drug-likeness (QED) is 0.542. The number of nitrogens with one attached hydrogen (secondary N) is 1. The smallest absolute Gasteiger partial charge is 0.207 e. The molecule has 0 aliphatic carbocycles. The van der Waals surface area contributed by atoms with Gasteiger partial charge in [-0.15, -0.1) is 0 Å². The average Bonchev–Trinajstić information content (AvgIpc) is 3.18. The van der Waals surface area contributed by atoms with Crippen LogP contribution in [0.2, 0.25) is 0 Å². The van der Waals surface area contributed by atoms with Crippen molar-refractivity contribution in [3.05, 3.63) is 76.5 Å². The van der Waals surface area contributed by atoms with Gasteiger partial charge in [-0.1, -0.05) is 52.3 Å². The minimum absolute atomic E-state index is 0.362. The predicted molar refractivity (Wildman–Crippen MR) is 96.7 cm³/mol. The highest BCUT2D eigenvalue weighted by atomic mass is 79.9. The van der Waals surface area contributed by atoms with E-state index in [1.165, 1.54) is 11.1 Å². The molecule has 0 bridgehead atoms. The minimum atomic E-state index is -0.362. The molecule has 4 nitrogen and oxygen atoms in total. The van der Waals surface area contributed by atoms with Crippen LogP contribution in [0.3, 0.4) is 0 Å². The van der Waals surface area contributed by atoms with E-state index in [0.717, 1.165) is 28.7 Å². The topological polar surface area (TPSA) is 46.9 Å². The van der Waals surface area contributed by atoms with Crippen LogP contribution < -0.4 is 5.32 Å². The molecule has 1 aliphatic rings. The molecule has 0 saturated heterocycles. The molecule has 0 saturated carbocycles. The highest BCUT2D eigenvalue weighted by Crippen LogP contribution is 2.48. The maximum atomic E-state index is 10.8. The van der Waals surface area contributed by atoms with Crippen molar-refractivity contribution in [1.82, 2.24) is 14.9 Å². The van der Waals surface area contributed by atoms with Gasteiger partial charge in [0.2, 0.25) is 6.41 Å². The van der Waals surface area contributed by atoms with Crippen LogP contribution in [0.5, 0.6) is 0 Å². The lowest BCUT2D eigenvalue weighted by Crippen LogP contribution is -2.36. The Morgan fingerprint density at radius 1 is 1.17 bits per heavy atom. The second-order valence-corrected chi connectivity index (χ2v) is 6.77. The number of imidazole rings is 1. The average molecular weight is 382 g/mol. The van der Waals surface area contributed by atoms with Crippen molar-refractivity contribution in [2.24, 2.45) is 0 Å². The zero-order chi connectivity index (χ0) is 16.6. The molecule has 1 aliphatic heterocycles. The number of carbonyl (C=O) groups is 1. The standard InChI is InChI=1S/C19H16BrN3O/c20-15-7-5-14(6-8-15)19(9-10-21-13-24)17-4-2-1-3-16(17)18-22-11-12-23(18)19/h1-8,11-13H,9-10H2,(H,21,24). The number of carbonyl (C=O) groups excluding carboxylic acids is 1. The number of hydrogen-bond donors (Lipinski definition) is 1. The van der Waals surface area contributed by atoms with Gasteiger partial charge in [0.15, 0.2) is 0 Å². The van der Waals surface area contributed by atoms with Crippen LogP contribution in [-0.2, 0) is 10.3 Å². The lowest BCUT2D eigenvalue weighted by Gasteiger charge is -2.33. The summed E-state index contributed by atoms with van der Waals surface area (Å²) in [6.07, 6.45) is 5.38. The molecule has 0 fully saturated rings. The summed E-state index contributed by atoms with van der Waals surface area (Å²) in [5.41, 5.74) is 3.20. The number of hydrogen-bond acceptors (Lipinski definition) is 2. The third kappa shape index (κ3) is 2.12. The molecule has 5 heteroatoms. The molecule has 1 aromatic heterocycles. The normalized spacial score (nSPS) is 18.0. The number of halogens is 1. The van der Waals surface area contributed by atoms with Crippen LogP contribution in [0.4, 0.5) is 0 Å². The molecule has 0 radical (unpaired) electrons. The van der Waals surface area contributed by atoms with E-state index in [9.17, 15) is 4.79 Å². The van der Waals surface area contributed by atoms with Crippen LogP contribution in [0.15, 0.2) is 65.4 Å². The van der Waals surface area contributed by atoms with Gasteiger partial charge in [0.1, 0.15) is 5.82 Å². The number of nitrogens with zero attached hydrogens (tertiary/aromatic N) is 2. The van der Waals surface area contributed by atoms with Crippen LogP contribution in [-0.4, -0.2) is 22.5 Å². The first-order valence-corrected chi connectivity index (χ1v) is 8.63. The first kappa shape index (κ1) is 15.1. The summed E-state index contributed by atoms with van der Waals surface area (Å²) >= 11 is 3.51. The van der Waals surface area contributed by atoms with Gasteiger partial charge in [-0.3, -0.25) is 4.79 Å². The fourth-order valence-electron chi connectivity index (χ4n) is 3.71. The molecule has 1 atom stereocenters. The monoisotopic (exact) mass is 381 g/mol. The summed E-state index contributed by atoms with van der Waals surface area (Å²) in [6.45, 7) is 0.589. The van der Waals surface area contributed by atoms with Crippen LogP contribution in [0.25, 0.3) is 11.4 Å². The number of rotatable bonds is 5. The SMILES string of the molecule is O=CNCCC1(c2ccc(Br)cc2)c2ccccc2-c2nccn21. The molecule has 4 rings (SSSR count). The Morgan fingerprint density at radius 3 is 2.75 bits per heavy atom. The lowest BCUT2D eigenvalue weighted by atomic mass is 9.80. The van der Waals surface area contributed by atoms with E-state index in [4.69, 9.17) is 0 Å². The number of aromatic nitrogens is 2. The molecule has 3 aromatic rings. The van der Waals surface area contributed by atoms with Crippen molar-refractivity contribution < 1.29 is 4.79 Å². The van der Waals surface area contributed by atoms with Crippen molar-refractivity contribution in [2.45, 2.75) is 12.0 Å². The molecule has 2 heterocycles. The Morgan fingerprint density at radius 2 is 1.96 bits per heavy atom. The van der Waals surface area contributed by atoms with E-state index < -0.39 is 0 Å². The summed E-state index contributed by atoms with van der Waals surface area (Å²) in [5, 5.41) is 2.81. The molecular weight excluding hydrogens is 366 g/mol. The van der Waals surface area contributed by atoms with Gasteiger partial charge >= 0.3 is 0 Å². The molecule has 1 N–H and O–H groups in total. The van der Waals surface area contributed by atoms with E-state index in [1.54, 1.807) is 0 Å². The molecule has 120 valence electrons. The summed E-state index contributed by atoms with van der Waals surface area (Å²) < 4.78 is 3.28. The van der Waals surface area contributed by atoms with Crippen molar-refractivity contribution in [2.75, 3.05) is 6.54 Å². The van der Waals surface area contributed by atoms with E-state index in [1.807, 2.05) is 18.5 Å². The zero-order valence-electron chi connectivity index (χ0n) is 12.9. The predicted octanol–water partition coefficient (Wildman–Crippen LogP) is 3.55. The first-order valence-electron chi connectivity index (χ1n) is 7.84. The van der Waals surface area contributed by atoms with Crippen molar-refractivity contribution in [1.29, 1.82) is 0 Å². The molecule has 24 heavy (non-hydrogen) atoms. The van der Waals surface area contributed by atoms with Crippen molar-refractivity contribution >= 4 is 22.3 Å². The van der Waals surface area contributed by atoms with E-state index in [0.29, 0.717) is 6.54 Å². The number of amides is 1. The summed E-state index contributed by atoms with van der Waals surface area (Å²) in [7, 11) is 0. The van der Waals surface area contributed by atoms with Gasteiger partial charge in [-0.2, -0.15) is 0 Å². The molecule has 2 aromatic carbocycles. The maximum Gasteiger partial charge on any atom is 0.207 e. The van der Waals surface area contributed by atoms with Gasteiger partial charge in [0.05, 0.1) is 5.54 Å². The van der Waals surface area contributed by atoms with Gasteiger partial charge < -0.3 is 9.88 Å². The van der Waals surface area contributed by atoms with Gasteiger partial charge in [-0.05, 0) is 29.7 Å². The van der Waals surface area contributed by atoms with Crippen molar-refractivity contribution in [3.8, 4) is 11.4 Å². The van der Waals surface area contributed by atoms with E-state index in [-0.39, 0.29) is 5.54 Å². The maximum absolute atomic E-state index is 10.8. The fourth-order valence-corrected chi connectivity index (χ4v) is 3.98. The van der Waals surface area contributed by atoms with Gasteiger partial charge in [0, 0.05) is 29.0 Å². The largest absolute Gasteiger partial charge is 0.359 e. The van der Waals surface area contributed by atoms with Gasteiger partial charge in [-0.25, -0.2) is 4.98 Å². The summed E-state index contributed by atoms with van der Waals surface area (Å²) in [6, 6.07) is 16.8. The van der Waals surface area contributed by atoms with Gasteiger partial charge in [0.25, 0.3) is 0 Å². The Hall–Kier alpha value is -2.40. The minimum Gasteiger partial charge on any atom is -0.359 e. The highest BCUT2D eigenvalue weighted by molar-refractivity contribution is 9.10. The van der Waals surface area contributed by atoms with Crippen LogP contribution >= 0.6 is 15.9 Å². The highest BCUT2D eigenvalue weighted by Gasteiger charge is 2.44. The third-order valence-corrected chi connectivity index (χ3v) is 5.23. The van der Waals surface area contributed by atoms with Crippen molar-refractivity contribution in [3.63, 3.8) is 0 Å². The van der Waals surface area contributed by atoms with Crippen LogP contribution in [0.1, 0.15) is 17.5 Å². The Bertz CT molecular complexity index is 888. The van der Waals surface area contributed by atoms with E-state index in [2.05, 4.69) is 73.3 Å². The first-order chi connectivity index (χ1) is 11.8. The zero-order valence-corrected chi connectivity index (χ0v) is 14.5. The summed E-state index contributed by atoms with van der Waals surface area (Å²) in [5.74, 6) is 0.972. The Balaban J connectivity index is 1.96. The number of fused-ring (bicyclic) bond motifs is 3. The lowest BCUT2D eigenvalue weighted by molar-refractivity contribution is -0.109.